The molecule has 88 valence electrons. The summed E-state index contributed by atoms with van der Waals surface area (Å²) in [5, 5.41) is 0. The maximum Gasteiger partial charge on any atom is 0.160 e. The topological polar surface area (TPSA) is 29.4 Å². The number of fused-ring (bicyclic) bond motifs is 1. The second-order valence-electron chi connectivity index (χ2n) is 4.39. The number of nitrogens with zero attached hydrogens (tertiary/aromatic N) is 1. The summed E-state index contributed by atoms with van der Waals surface area (Å²) in [5.41, 5.74) is 4.04. The van der Waals surface area contributed by atoms with E-state index in [0.717, 1.165) is 23.3 Å². The van der Waals surface area contributed by atoms with E-state index in [2.05, 4.69) is 31.0 Å². The largest absolute Gasteiger partial charge is 0.294 e. The van der Waals surface area contributed by atoms with Crippen LogP contribution in [0.4, 0.5) is 0 Å². The van der Waals surface area contributed by atoms with Crippen LogP contribution in [0.15, 0.2) is 35.5 Å². The number of ketones is 1. The summed E-state index contributed by atoms with van der Waals surface area (Å²) in [7, 11) is 0. The molecule has 1 aromatic carbocycles. The Kier molecular flexibility index (Phi) is 3.23. The lowest BCUT2D eigenvalue weighted by Gasteiger charge is -2.15. The molecule has 0 amide bonds. The molecule has 0 spiro atoms. The number of rotatable bonds is 2. The predicted molar refractivity (Wildman–Crippen MR) is 70.8 cm³/mol. The molecule has 1 aliphatic rings. The van der Waals surface area contributed by atoms with Crippen LogP contribution in [0.3, 0.4) is 0 Å². The molecule has 0 N–H and O–H groups in total. The quantitative estimate of drug-likeness (QED) is 0.708. The Bertz CT molecular complexity index is 512. The molecule has 0 radical (unpaired) electrons. The van der Waals surface area contributed by atoms with Crippen LogP contribution in [-0.2, 0) is 0 Å². The molecular formula is C15H17NO. The van der Waals surface area contributed by atoms with Gasteiger partial charge in [-0.15, -0.1) is 0 Å². The number of aliphatic imine (C=N–C) groups is 1. The van der Waals surface area contributed by atoms with Gasteiger partial charge < -0.3 is 0 Å². The summed E-state index contributed by atoms with van der Waals surface area (Å²) in [6.45, 7) is 5.82. The van der Waals surface area contributed by atoms with Crippen molar-refractivity contribution in [3.8, 4) is 0 Å². The third-order valence-electron chi connectivity index (χ3n) is 3.20. The van der Waals surface area contributed by atoms with Gasteiger partial charge in [0, 0.05) is 29.0 Å². The van der Waals surface area contributed by atoms with Crippen molar-refractivity contribution < 1.29 is 4.79 Å². The number of benzene rings is 1. The second-order valence-corrected chi connectivity index (χ2v) is 4.39. The Labute approximate surface area is 102 Å². The van der Waals surface area contributed by atoms with E-state index in [1.54, 1.807) is 6.92 Å². The number of hydrogen-bond donors (Lipinski definition) is 0. The molecule has 1 aromatic rings. The summed E-state index contributed by atoms with van der Waals surface area (Å²) in [4.78, 5) is 16.2. The Morgan fingerprint density at radius 1 is 1.41 bits per heavy atom. The molecule has 2 rings (SSSR count). The molecule has 1 unspecified atom stereocenters. The highest BCUT2D eigenvalue weighted by Crippen LogP contribution is 2.28. The molecular weight excluding hydrogens is 210 g/mol. The monoisotopic (exact) mass is 227 g/mol. The maximum absolute atomic E-state index is 11.7. The fourth-order valence-corrected chi connectivity index (χ4v) is 2.26. The Morgan fingerprint density at radius 3 is 2.82 bits per heavy atom. The first-order valence-corrected chi connectivity index (χ1v) is 6.02. The van der Waals surface area contributed by atoms with Gasteiger partial charge >= 0.3 is 0 Å². The molecule has 0 aliphatic carbocycles. The molecule has 0 saturated carbocycles. The van der Waals surface area contributed by atoms with Gasteiger partial charge in [-0.25, -0.2) is 0 Å². The minimum Gasteiger partial charge on any atom is -0.294 e. The third-order valence-corrected chi connectivity index (χ3v) is 3.20. The minimum atomic E-state index is 0.108. The van der Waals surface area contributed by atoms with Gasteiger partial charge in [0.1, 0.15) is 0 Å². The van der Waals surface area contributed by atoms with Crippen molar-refractivity contribution in [3.05, 3.63) is 47.2 Å². The number of Topliss-reactive ketones (excluding diaryl/α,β-unsaturated/α-hetero) is 1. The summed E-state index contributed by atoms with van der Waals surface area (Å²) in [6.07, 6.45) is 4.77. The standard InChI is InChI=1S/C15H17NO/c1-4-14-15-12(10(2)8-9-16-14)6-5-7-13(15)11(3)17/h5-10H,4H2,1-3H3. The molecule has 0 saturated heterocycles. The lowest BCUT2D eigenvalue weighted by Crippen LogP contribution is -2.11. The van der Waals surface area contributed by atoms with Gasteiger partial charge in [0.05, 0.1) is 0 Å². The highest BCUT2D eigenvalue weighted by atomic mass is 16.1. The number of hydrogen-bond acceptors (Lipinski definition) is 2. The first-order valence-electron chi connectivity index (χ1n) is 6.02. The highest BCUT2D eigenvalue weighted by Gasteiger charge is 2.19. The van der Waals surface area contributed by atoms with Gasteiger partial charge in [0.15, 0.2) is 5.78 Å². The highest BCUT2D eigenvalue weighted by molar-refractivity contribution is 6.11. The normalized spacial score (nSPS) is 18.3. The van der Waals surface area contributed by atoms with Crippen molar-refractivity contribution in [2.24, 2.45) is 4.99 Å². The van der Waals surface area contributed by atoms with Crippen LogP contribution in [0.2, 0.25) is 0 Å². The average molecular weight is 227 g/mol. The Balaban J connectivity index is 2.72. The molecule has 0 fully saturated rings. The van der Waals surface area contributed by atoms with Gasteiger partial charge in [-0.3, -0.25) is 9.79 Å². The summed E-state index contributed by atoms with van der Waals surface area (Å²) < 4.78 is 0. The zero-order valence-electron chi connectivity index (χ0n) is 10.5. The van der Waals surface area contributed by atoms with E-state index >= 15 is 0 Å². The lowest BCUT2D eigenvalue weighted by molar-refractivity contribution is 0.101. The summed E-state index contributed by atoms with van der Waals surface area (Å²) >= 11 is 0. The van der Waals surface area contributed by atoms with E-state index in [9.17, 15) is 4.79 Å². The zero-order chi connectivity index (χ0) is 12.4. The molecule has 1 aliphatic heterocycles. The summed E-state index contributed by atoms with van der Waals surface area (Å²) in [6, 6.07) is 5.94. The van der Waals surface area contributed by atoms with Gasteiger partial charge in [-0.05, 0) is 18.9 Å². The first-order chi connectivity index (χ1) is 8.15. The van der Waals surface area contributed by atoms with E-state index in [1.165, 1.54) is 5.56 Å². The fraction of sp³-hybridized carbons (Fsp3) is 0.333. The average Bonchev–Trinajstić information content (AvgIpc) is 2.48. The van der Waals surface area contributed by atoms with Crippen LogP contribution < -0.4 is 0 Å². The minimum absolute atomic E-state index is 0.108. The zero-order valence-corrected chi connectivity index (χ0v) is 10.5. The van der Waals surface area contributed by atoms with Crippen molar-refractivity contribution in [2.75, 3.05) is 0 Å². The van der Waals surface area contributed by atoms with Crippen LogP contribution in [0.1, 0.15) is 54.6 Å². The van der Waals surface area contributed by atoms with Crippen molar-refractivity contribution in [1.29, 1.82) is 0 Å². The first kappa shape index (κ1) is 11.8. The second kappa shape index (κ2) is 4.66. The van der Waals surface area contributed by atoms with Crippen LogP contribution in [0, 0.1) is 0 Å². The van der Waals surface area contributed by atoms with Crippen molar-refractivity contribution in [2.45, 2.75) is 33.1 Å². The molecule has 0 aromatic heterocycles. The molecule has 2 heteroatoms. The van der Waals surface area contributed by atoms with Crippen molar-refractivity contribution in [1.82, 2.24) is 0 Å². The van der Waals surface area contributed by atoms with Crippen LogP contribution in [0.25, 0.3) is 0 Å². The van der Waals surface area contributed by atoms with Crippen LogP contribution in [0.5, 0.6) is 0 Å². The van der Waals surface area contributed by atoms with E-state index in [4.69, 9.17) is 0 Å². The predicted octanol–water partition coefficient (Wildman–Crippen LogP) is 3.72. The lowest BCUT2D eigenvalue weighted by atomic mass is 9.88. The summed E-state index contributed by atoms with van der Waals surface area (Å²) in [5.74, 6) is 0.411. The molecule has 1 heterocycles. The van der Waals surface area contributed by atoms with Gasteiger partial charge in [0.25, 0.3) is 0 Å². The van der Waals surface area contributed by atoms with E-state index in [0.29, 0.717) is 5.92 Å². The van der Waals surface area contributed by atoms with E-state index in [-0.39, 0.29) is 5.78 Å². The van der Waals surface area contributed by atoms with E-state index in [1.807, 2.05) is 18.3 Å². The van der Waals surface area contributed by atoms with Gasteiger partial charge in [-0.2, -0.15) is 0 Å². The van der Waals surface area contributed by atoms with Gasteiger partial charge in [-0.1, -0.05) is 38.1 Å². The van der Waals surface area contributed by atoms with Gasteiger partial charge in [0.2, 0.25) is 0 Å². The SMILES string of the molecule is CCC1=NC=CC(C)c2cccc(C(C)=O)c21. The van der Waals surface area contributed by atoms with Crippen LogP contribution >= 0.6 is 0 Å². The smallest absolute Gasteiger partial charge is 0.160 e. The number of carbonyl (C=O) groups is 1. The molecule has 0 bridgehead atoms. The Hall–Kier alpha value is -1.70. The molecule has 1 atom stereocenters. The third kappa shape index (κ3) is 2.07. The number of allylic oxidation sites excluding steroid dienone is 1. The molecule has 2 nitrogen and oxygen atoms in total. The fourth-order valence-electron chi connectivity index (χ4n) is 2.26. The van der Waals surface area contributed by atoms with Crippen molar-refractivity contribution in [3.63, 3.8) is 0 Å². The maximum atomic E-state index is 11.7. The number of carbonyl (C=O) groups excluding carboxylic acids is 1. The van der Waals surface area contributed by atoms with E-state index < -0.39 is 0 Å². The van der Waals surface area contributed by atoms with Crippen LogP contribution in [-0.4, -0.2) is 11.5 Å². The Morgan fingerprint density at radius 2 is 2.18 bits per heavy atom. The van der Waals surface area contributed by atoms with Crippen molar-refractivity contribution >= 4 is 11.5 Å². The molecule has 17 heavy (non-hydrogen) atoms.